The Morgan fingerprint density at radius 3 is 2.75 bits per heavy atom. The monoisotopic (exact) mass is 365 g/mol. The first-order valence-corrected chi connectivity index (χ1v) is 8.59. The number of ether oxygens (including phenoxy) is 1. The Kier molecular flexibility index (Phi) is 4.53. The van der Waals surface area contributed by atoms with Gasteiger partial charge in [0.2, 0.25) is 10.0 Å². The Hall–Kier alpha value is -0.500. The Morgan fingerprint density at radius 2 is 2.15 bits per heavy atom. The van der Waals surface area contributed by atoms with E-state index in [1.165, 1.54) is 6.07 Å². The molecule has 0 radical (unpaired) electrons. The summed E-state index contributed by atoms with van der Waals surface area (Å²) in [5, 5.41) is 0. The Morgan fingerprint density at radius 1 is 1.45 bits per heavy atom. The molecule has 4 nitrogen and oxygen atoms in total. The van der Waals surface area contributed by atoms with Crippen LogP contribution in [0.3, 0.4) is 0 Å². The lowest BCUT2D eigenvalue weighted by atomic mass is 9.95. The third kappa shape index (κ3) is 3.78. The summed E-state index contributed by atoms with van der Waals surface area (Å²) >= 11 is 3.09. The maximum atomic E-state index is 13.0. The van der Waals surface area contributed by atoms with Crippen molar-refractivity contribution < 1.29 is 17.5 Å². The van der Waals surface area contributed by atoms with Gasteiger partial charge in [-0.3, -0.25) is 0 Å². The van der Waals surface area contributed by atoms with Crippen LogP contribution in [0.2, 0.25) is 0 Å². The minimum atomic E-state index is -3.68. The molecule has 0 saturated carbocycles. The van der Waals surface area contributed by atoms with E-state index in [0.717, 1.165) is 12.1 Å². The van der Waals surface area contributed by atoms with Gasteiger partial charge in [0, 0.05) is 17.1 Å². The molecule has 1 aromatic carbocycles. The van der Waals surface area contributed by atoms with Crippen molar-refractivity contribution in [2.75, 3.05) is 6.61 Å². The van der Waals surface area contributed by atoms with Gasteiger partial charge in [-0.2, -0.15) is 0 Å². The van der Waals surface area contributed by atoms with Crippen molar-refractivity contribution in [1.29, 1.82) is 0 Å². The first-order chi connectivity index (χ1) is 9.20. The van der Waals surface area contributed by atoms with E-state index in [-0.39, 0.29) is 21.0 Å². The van der Waals surface area contributed by atoms with Crippen molar-refractivity contribution in [1.82, 2.24) is 4.72 Å². The quantitative estimate of drug-likeness (QED) is 0.895. The number of halogens is 2. The summed E-state index contributed by atoms with van der Waals surface area (Å²) in [6.45, 7) is 4.38. The zero-order valence-corrected chi connectivity index (χ0v) is 13.7. The van der Waals surface area contributed by atoms with Crippen molar-refractivity contribution in [2.45, 2.75) is 43.2 Å². The minimum absolute atomic E-state index is 0.0446. The molecule has 0 aromatic heterocycles. The SMILES string of the molecule is CC1(C)CC(NS(=O)(=O)c2ccc(F)cc2Br)CCO1. The first-order valence-electron chi connectivity index (χ1n) is 6.31. The molecule has 1 heterocycles. The smallest absolute Gasteiger partial charge is 0.241 e. The summed E-state index contributed by atoms with van der Waals surface area (Å²) in [6, 6.07) is 3.35. The van der Waals surface area contributed by atoms with Crippen LogP contribution in [0, 0.1) is 5.82 Å². The van der Waals surface area contributed by atoms with Gasteiger partial charge in [0.15, 0.2) is 0 Å². The molecule has 1 unspecified atom stereocenters. The predicted octanol–water partition coefficient (Wildman–Crippen LogP) is 2.82. The fraction of sp³-hybridized carbons (Fsp3) is 0.538. The molecule has 1 saturated heterocycles. The van der Waals surface area contributed by atoms with E-state index >= 15 is 0 Å². The summed E-state index contributed by atoms with van der Waals surface area (Å²) in [4.78, 5) is 0.0446. The number of benzene rings is 1. The molecule has 1 aliphatic heterocycles. The normalized spacial score (nSPS) is 22.7. The van der Waals surface area contributed by atoms with E-state index in [1.807, 2.05) is 13.8 Å². The molecule has 1 N–H and O–H groups in total. The third-order valence-electron chi connectivity index (χ3n) is 3.20. The van der Waals surface area contributed by atoms with Gasteiger partial charge in [0.25, 0.3) is 0 Å². The molecule has 0 aliphatic carbocycles. The summed E-state index contributed by atoms with van der Waals surface area (Å²) in [5.41, 5.74) is -0.342. The lowest BCUT2D eigenvalue weighted by Crippen LogP contribution is -2.45. The highest BCUT2D eigenvalue weighted by molar-refractivity contribution is 9.10. The standard InChI is InChI=1S/C13H17BrFNO3S/c1-13(2)8-10(5-6-19-13)16-20(17,18)12-4-3-9(15)7-11(12)14/h3-4,7,10,16H,5-6,8H2,1-2H3. The molecule has 1 fully saturated rings. The maximum absolute atomic E-state index is 13.0. The van der Waals surface area contributed by atoms with Crippen LogP contribution in [0.4, 0.5) is 4.39 Å². The molecule has 1 aromatic rings. The molecular formula is C13H17BrFNO3S. The molecule has 0 amide bonds. The summed E-state index contributed by atoms with van der Waals surface area (Å²) in [6.07, 6.45) is 1.23. The van der Waals surface area contributed by atoms with Crippen LogP contribution >= 0.6 is 15.9 Å². The fourth-order valence-electron chi connectivity index (χ4n) is 2.31. The van der Waals surface area contributed by atoms with E-state index < -0.39 is 15.8 Å². The fourth-order valence-corrected chi connectivity index (χ4v) is 4.63. The number of hydrogen-bond donors (Lipinski definition) is 1. The second-order valence-electron chi connectivity index (χ2n) is 5.49. The van der Waals surface area contributed by atoms with E-state index in [0.29, 0.717) is 19.4 Å². The summed E-state index contributed by atoms with van der Waals surface area (Å²) < 4.78 is 46.2. The van der Waals surface area contributed by atoms with Gasteiger partial charge in [-0.05, 0) is 60.8 Å². The number of rotatable bonds is 3. The zero-order chi connectivity index (χ0) is 15.0. The van der Waals surface area contributed by atoms with Crippen LogP contribution in [0.25, 0.3) is 0 Å². The number of nitrogens with one attached hydrogen (secondary N) is 1. The molecular weight excluding hydrogens is 349 g/mol. The van der Waals surface area contributed by atoms with Crippen LogP contribution in [-0.2, 0) is 14.8 Å². The van der Waals surface area contributed by atoms with Crippen LogP contribution in [0.1, 0.15) is 26.7 Å². The van der Waals surface area contributed by atoms with Crippen LogP contribution in [0.15, 0.2) is 27.6 Å². The van der Waals surface area contributed by atoms with E-state index in [2.05, 4.69) is 20.7 Å². The predicted molar refractivity (Wildman–Crippen MR) is 77.5 cm³/mol. The van der Waals surface area contributed by atoms with Crippen molar-refractivity contribution in [3.63, 3.8) is 0 Å². The van der Waals surface area contributed by atoms with Gasteiger partial charge in [-0.15, -0.1) is 0 Å². The minimum Gasteiger partial charge on any atom is -0.375 e. The van der Waals surface area contributed by atoms with E-state index in [1.54, 1.807) is 0 Å². The highest BCUT2D eigenvalue weighted by atomic mass is 79.9. The molecule has 1 atom stereocenters. The van der Waals surface area contributed by atoms with Crippen molar-refractivity contribution >= 4 is 26.0 Å². The van der Waals surface area contributed by atoms with Gasteiger partial charge < -0.3 is 4.74 Å². The molecule has 20 heavy (non-hydrogen) atoms. The Bertz CT molecular complexity index is 604. The van der Waals surface area contributed by atoms with Crippen molar-refractivity contribution in [3.05, 3.63) is 28.5 Å². The van der Waals surface area contributed by atoms with Crippen LogP contribution in [-0.4, -0.2) is 26.7 Å². The molecule has 112 valence electrons. The second-order valence-corrected chi connectivity index (χ2v) is 8.03. The van der Waals surface area contributed by atoms with Crippen LogP contribution in [0.5, 0.6) is 0 Å². The Labute approximate surface area is 126 Å². The average Bonchev–Trinajstić information content (AvgIpc) is 2.25. The molecule has 1 aliphatic rings. The average molecular weight is 366 g/mol. The van der Waals surface area contributed by atoms with Crippen LogP contribution < -0.4 is 4.72 Å². The van der Waals surface area contributed by atoms with Crippen molar-refractivity contribution in [2.24, 2.45) is 0 Å². The molecule has 0 spiro atoms. The maximum Gasteiger partial charge on any atom is 0.241 e. The highest BCUT2D eigenvalue weighted by Crippen LogP contribution is 2.27. The first kappa shape index (κ1) is 15.9. The lowest BCUT2D eigenvalue weighted by molar-refractivity contribution is -0.0599. The largest absolute Gasteiger partial charge is 0.375 e. The molecule has 0 bridgehead atoms. The van der Waals surface area contributed by atoms with Gasteiger partial charge in [-0.25, -0.2) is 17.5 Å². The number of sulfonamides is 1. The topological polar surface area (TPSA) is 55.4 Å². The number of hydrogen-bond acceptors (Lipinski definition) is 3. The second kappa shape index (κ2) is 5.71. The van der Waals surface area contributed by atoms with E-state index in [4.69, 9.17) is 4.74 Å². The third-order valence-corrected chi connectivity index (χ3v) is 5.70. The lowest BCUT2D eigenvalue weighted by Gasteiger charge is -2.35. The summed E-state index contributed by atoms with van der Waals surface area (Å²) in [7, 11) is -3.68. The van der Waals surface area contributed by atoms with E-state index in [9.17, 15) is 12.8 Å². The van der Waals surface area contributed by atoms with Gasteiger partial charge in [-0.1, -0.05) is 0 Å². The van der Waals surface area contributed by atoms with Gasteiger partial charge in [0.05, 0.1) is 10.5 Å². The van der Waals surface area contributed by atoms with Gasteiger partial charge in [0.1, 0.15) is 5.82 Å². The molecule has 2 rings (SSSR count). The summed E-state index contributed by atoms with van der Waals surface area (Å²) in [5.74, 6) is -0.483. The zero-order valence-electron chi connectivity index (χ0n) is 11.3. The molecule has 7 heteroatoms. The highest BCUT2D eigenvalue weighted by Gasteiger charge is 2.32. The van der Waals surface area contributed by atoms with Crippen molar-refractivity contribution in [3.8, 4) is 0 Å². The van der Waals surface area contributed by atoms with Gasteiger partial charge >= 0.3 is 0 Å². The Balaban J connectivity index is 2.19.